The number of para-hydroxylation sites is 1. The number of nitrogens with zero attached hydrogens (tertiary/aromatic N) is 3. The highest BCUT2D eigenvalue weighted by Crippen LogP contribution is 2.33. The summed E-state index contributed by atoms with van der Waals surface area (Å²) in [6.45, 7) is -0.330. The number of nitro benzene ring substituents is 2. The summed E-state index contributed by atoms with van der Waals surface area (Å²) in [5.74, 6) is -3.08. The molecule has 0 aliphatic carbocycles. The number of non-ortho nitro benzene ring substituents is 1. The Kier molecular flexibility index (Phi) is 7.98. The molecule has 4 rings (SSSR count). The molecule has 0 spiro atoms. The first-order chi connectivity index (χ1) is 19.6. The van der Waals surface area contributed by atoms with E-state index in [0.717, 1.165) is 30.2 Å². The van der Waals surface area contributed by atoms with Gasteiger partial charge in [-0.3, -0.25) is 29.9 Å². The predicted molar refractivity (Wildman–Crippen MR) is 138 cm³/mol. The standard InChI is InChI=1S/C26H18N4O11/c1-39-25(33)21-11-10-18(40-21)14-28-24(32)19(27-26(28)34)13-16-3-2-4-20(30(37)38)23(16)41-22(31)12-7-15-5-8-17(9-6-15)29(35)36/h2-13H,14H2,1H3,(H,27,34)/b12-7+,19-13-. The molecule has 0 unspecified atom stereocenters. The number of ether oxygens (including phenoxy) is 2. The third kappa shape index (κ3) is 6.31. The largest absolute Gasteiger partial charge is 0.463 e. The molecule has 1 N–H and O–H groups in total. The maximum atomic E-state index is 12.9. The quantitative estimate of drug-likeness (QED) is 0.0997. The average molecular weight is 562 g/mol. The van der Waals surface area contributed by atoms with Gasteiger partial charge < -0.3 is 19.2 Å². The molecular formula is C26H18N4O11. The van der Waals surface area contributed by atoms with Crippen molar-refractivity contribution in [3.05, 3.63) is 109 Å². The summed E-state index contributed by atoms with van der Waals surface area (Å²) in [4.78, 5) is 71.4. The van der Waals surface area contributed by atoms with Gasteiger partial charge in [-0.05, 0) is 42.0 Å². The predicted octanol–water partition coefficient (Wildman–Crippen LogP) is 3.59. The number of benzene rings is 2. The summed E-state index contributed by atoms with van der Waals surface area (Å²) in [5, 5.41) is 24.8. The zero-order valence-corrected chi connectivity index (χ0v) is 21.0. The Hall–Kier alpha value is -6.12. The number of nitrogens with one attached hydrogen (secondary N) is 1. The van der Waals surface area contributed by atoms with E-state index in [4.69, 9.17) is 9.15 Å². The normalized spacial score (nSPS) is 13.9. The zero-order valence-electron chi connectivity index (χ0n) is 21.0. The number of hydrogen-bond donors (Lipinski definition) is 1. The Morgan fingerprint density at radius 1 is 1.02 bits per heavy atom. The minimum atomic E-state index is -1.01. The third-order valence-electron chi connectivity index (χ3n) is 5.56. The molecule has 1 aliphatic heterocycles. The van der Waals surface area contributed by atoms with Crippen molar-refractivity contribution in [2.45, 2.75) is 6.54 Å². The monoisotopic (exact) mass is 562 g/mol. The summed E-state index contributed by atoms with van der Waals surface area (Å²) < 4.78 is 15.1. The van der Waals surface area contributed by atoms with Gasteiger partial charge in [-0.25, -0.2) is 14.4 Å². The molecule has 1 saturated heterocycles. The lowest BCUT2D eigenvalue weighted by Crippen LogP contribution is -2.30. The first-order valence-corrected chi connectivity index (χ1v) is 11.5. The van der Waals surface area contributed by atoms with E-state index >= 15 is 0 Å². The summed E-state index contributed by atoms with van der Waals surface area (Å²) in [6, 6.07) is 10.8. The van der Waals surface area contributed by atoms with E-state index in [1.54, 1.807) is 0 Å². The second-order valence-corrected chi connectivity index (χ2v) is 8.19. The number of furan rings is 1. The van der Waals surface area contributed by atoms with Gasteiger partial charge in [-0.2, -0.15) is 0 Å². The van der Waals surface area contributed by atoms with Crippen LogP contribution in [0, 0.1) is 20.2 Å². The lowest BCUT2D eigenvalue weighted by molar-refractivity contribution is -0.385. The van der Waals surface area contributed by atoms with Crippen LogP contribution in [0.15, 0.2) is 70.8 Å². The maximum Gasteiger partial charge on any atom is 0.373 e. The average Bonchev–Trinajstić information content (AvgIpc) is 3.52. The van der Waals surface area contributed by atoms with Crippen LogP contribution < -0.4 is 10.1 Å². The number of hydrogen-bond acceptors (Lipinski definition) is 11. The molecule has 0 atom stereocenters. The van der Waals surface area contributed by atoms with Crippen molar-refractivity contribution in [1.29, 1.82) is 0 Å². The Labute approximate surface area is 229 Å². The lowest BCUT2D eigenvalue weighted by atomic mass is 10.1. The minimum absolute atomic E-state index is 0.0623. The molecule has 0 radical (unpaired) electrons. The number of amides is 3. The first-order valence-electron chi connectivity index (χ1n) is 11.5. The van der Waals surface area contributed by atoms with Crippen molar-refractivity contribution < 1.29 is 42.9 Å². The molecule has 0 saturated carbocycles. The molecule has 41 heavy (non-hydrogen) atoms. The van der Waals surface area contributed by atoms with Crippen molar-refractivity contribution in [2.24, 2.45) is 0 Å². The molecule has 1 aromatic heterocycles. The molecule has 3 amide bonds. The number of imide groups is 1. The SMILES string of the molecule is COC(=O)c1ccc(CN2C(=O)N/C(=C\c3cccc([N+](=O)[O-])c3OC(=O)/C=C/c3ccc([N+](=O)[O-])cc3)C2=O)o1. The van der Waals surface area contributed by atoms with Crippen LogP contribution in [0.25, 0.3) is 12.2 Å². The molecule has 208 valence electrons. The van der Waals surface area contributed by atoms with E-state index in [9.17, 15) is 39.4 Å². The van der Waals surface area contributed by atoms with Crippen LogP contribution in [0.2, 0.25) is 0 Å². The fraction of sp³-hybridized carbons (Fsp3) is 0.0769. The molecule has 15 heteroatoms. The second kappa shape index (κ2) is 11.7. The maximum absolute atomic E-state index is 12.9. The highest BCUT2D eigenvalue weighted by Gasteiger charge is 2.35. The van der Waals surface area contributed by atoms with E-state index in [-0.39, 0.29) is 35.0 Å². The van der Waals surface area contributed by atoms with Crippen molar-refractivity contribution in [3.63, 3.8) is 0 Å². The zero-order chi connectivity index (χ0) is 29.7. The molecule has 2 aromatic carbocycles. The van der Waals surface area contributed by atoms with Gasteiger partial charge in [0.2, 0.25) is 11.5 Å². The van der Waals surface area contributed by atoms with Gasteiger partial charge in [0.25, 0.3) is 11.6 Å². The van der Waals surface area contributed by atoms with E-state index in [1.807, 2.05) is 0 Å². The summed E-state index contributed by atoms with van der Waals surface area (Å²) in [7, 11) is 1.16. The smallest absolute Gasteiger partial charge is 0.373 e. The Balaban J connectivity index is 1.56. The van der Waals surface area contributed by atoms with Gasteiger partial charge >= 0.3 is 23.7 Å². The molecule has 1 fully saturated rings. The van der Waals surface area contributed by atoms with Crippen molar-refractivity contribution in [2.75, 3.05) is 7.11 Å². The fourth-order valence-electron chi connectivity index (χ4n) is 3.62. The number of carbonyl (C=O) groups excluding carboxylic acids is 4. The molecule has 15 nitrogen and oxygen atoms in total. The Morgan fingerprint density at radius 2 is 1.76 bits per heavy atom. The van der Waals surface area contributed by atoms with Gasteiger partial charge in [0.05, 0.1) is 23.5 Å². The highest BCUT2D eigenvalue weighted by atomic mass is 16.6. The Bertz CT molecular complexity index is 1640. The number of esters is 2. The number of methoxy groups -OCH3 is 1. The van der Waals surface area contributed by atoms with Crippen LogP contribution in [0.4, 0.5) is 16.2 Å². The van der Waals surface area contributed by atoms with Crippen molar-refractivity contribution >= 4 is 47.4 Å². The second-order valence-electron chi connectivity index (χ2n) is 8.19. The van der Waals surface area contributed by atoms with E-state index in [1.165, 1.54) is 54.6 Å². The van der Waals surface area contributed by atoms with Gasteiger partial charge in [0.15, 0.2) is 0 Å². The Morgan fingerprint density at radius 3 is 2.41 bits per heavy atom. The molecule has 0 bridgehead atoms. The first kappa shape index (κ1) is 27.9. The molecule has 3 aromatic rings. The van der Waals surface area contributed by atoms with Crippen LogP contribution in [0.1, 0.15) is 27.4 Å². The van der Waals surface area contributed by atoms with E-state index < -0.39 is 45.2 Å². The summed E-state index contributed by atoms with van der Waals surface area (Å²) in [6.07, 6.45) is 3.36. The number of rotatable bonds is 9. The van der Waals surface area contributed by atoms with Crippen LogP contribution in [0.3, 0.4) is 0 Å². The van der Waals surface area contributed by atoms with Gasteiger partial charge in [0.1, 0.15) is 11.5 Å². The number of urea groups is 1. The van der Waals surface area contributed by atoms with Crippen LogP contribution in [-0.2, 0) is 20.9 Å². The van der Waals surface area contributed by atoms with Crippen LogP contribution in [-0.4, -0.2) is 45.7 Å². The minimum Gasteiger partial charge on any atom is -0.463 e. The van der Waals surface area contributed by atoms with E-state index in [0.29, 0.717) is 5.56 Å². The van der Waals surface area contributed by atoms with Crippen molar-refractivity contribution in [1.82, 2.24) is 10.2 Å². The molecular weight excluding hydrogens is 544 g/mol. The summed E-state index contributed by atoms with van der Waals surface area (Å²) >= 11 is 0. The van der Waals surface area contributed by atoms with Crippen molar-refractivity contribution in [3.8, 4) is 5.75 Å². The van der Waals surface area contributed by atoms with Gasteiger partial charge in [-0.15, -0.1) is 0 Å². The molecule has 2 heterocycles. The topological polar surface area (TPSA) is 201 Å². The summed E-state index contributed by atoms with van der Waals surface area (Å²) in [5.41, 5.74) is -0.644. The fourth-order valence-corrected chi connectivity index (χ4v) is 3.62. The van der Waals surface area contributed by atoms with E-state index in [2.05, 4.69) is 10.1 Å². The van der Waals surface area contributed by atoms with Crippen LogP contribution in [0.5, 0.6) is 5.75 Å². The molecule has 1 aliphatic rings. The van der Waals surface area contributed by atoms with Crippen LogP contribution >= 0.6 is 0 Å². The number of nitro groups is 2. The third-order valence-corrected chi connectivity index (χ3v) is 5.56. The van der Waals surface area contributed by atoms with Gasteiger partial charge in [0, 0.05) is 29.8 Å². The van der Waals surface area contributed by atoms with Gasteiger partial charge in [-0.1, -0.05) is 12.1 Å². The highest BCUT2D eigenvalue weighted by molar-refractivity contribution is 6.14. The lowest BCUT2D eigenvalue weighted by Gasteiger charge is -2.09. The number of carbonyl (C=O) groups is 4.